The summed E-state index contributed by atoms with van der Waals surface area (Å²) in [5, 5.41) is 0. The molecule has 0 saturated carbocycles. The minimum Gasteiger partial charge on any atom is -0.454 e. The number of hydrogen-bond acceptors (Lipinski definition) is 2. The molecule has 1 rings (SSSR count). The summed E-state index contributed by atoms with van der Waals surface area (Å²) in [4.78, 5) is 0. The van der Waals surface area contributed by atoms with Crippen LogP contribution in [0.25, 0.3) is 0 Å². The van der Waals surface area contributed by atoms with Crippen LogP contribution >= 0.6 is 0 Å². The predicted octanol–water partition coefficient (Wildman–Crippen LogP) is 1.96. The van der Waals surface area contributed by atoms with E-state index in [1.807, 2.05) is 19.1 Å². The largest absolute Gasteiger partial charge is 0.454 e. The Balaban J connectivity index is 2.77. The monoisotopic (exact) mass is 138 g/mol. The summed E-state index contributed by atoms with van der Waals surface area (Å²) in [7, 11) is 0. The maximum atomic E-state index is 5.10. The number of allylic oxidation sites excluding steroid dienone is 3. The second-order valence-corrected chi connectivity index (χ2v) is 1.84. The molecule has 10 heavy (non-hydrogen) atoms. The van der Waals surface area contributed by atoms with Gasteiger partial charge in [0, 0.05) is 0 Å². The standard InChI is InChI=1S/C8H10O2/c1-3-5-8-7(4-2)9-6-10-8/h3-5H,2,6H2,1H3. The van der Waals surface area contributed by atoms with Crippen molar-refractivity contribution < 1.29 is 9.47 Å². The van der Waals surface area contributed by atoms with Gasteiger partial charge in [-0.3, -0.25) is 0 Å². The molecule has 1 aliphatic heterocycles. The molecule has 0 radical (unpaired) electrons. The van der Waals surface area contributed by atoms with E-state index in [0.29, 0.717) is 6.79 Å². The summed E-state index contributed by atoms with van der Waals surface area (Å²) < 4.78 is 10.2. The smallest absolute Gasteiger partial charge is 0.231 e. The fourth-order valence-corrected chi connectivity index (χ4v) is 0.740. The van der Waals surface area contributed by atoms with Gasteiger partial charge in [0.05, 0.1) is 0 Å². The van der Waals surface area contributed by atoms with E-state index in [0.717, 1.165) is 11.5 Å². The van der Waals surface area contributed by atoms with E-state index in [2.05, 4.69) is 6.58 Å². The van der Waals surface area contributed by atoms with Gasteiger partial charge in [0.15, 0.2) is 11.5 Å². The lowest BCUT2D eigenvalue weighted by Gasteiger charge is -1.89. The van der Waals surface area contributed by atoms with E-state index < -0.39 is 0 Å². The Morgan fingerprint density at radius 2 is 2.10 bits per heavy atom. The molecule has 0 spiro atoms. The number of hydrogen-bond donors (Lipinski definition) is 0. The van der Waals surface area contributed by atoms with Crippen LogP contribution in [-0.4, -0.2) is 6.79 Å². The Morgan fingerprint density at radius 3 is 2.70 bits per heavy atom. The zero-order chi connectivity index (χ0) is 7.40. The molecule has 0 bridgehead atoms. The van der Waals surface area contributed by atoms with E-state index in [-0.39, 0.29) is 0 Å². The first kappa shape index (κ1) is 6.93. The van der Waals surface area contributed by atoms with Gasteiger partial charge in [0.25, 0.3) is 0 Å². The van der Waals surface area contributed by atoms with Crippen molar-refractivity contribution in [2.24, 2.45) is 0 Å². The van der Waals surface area contributed by atoms with Crippen molar-refractivity contribution in [2.45, 2.75) is 6.92 Å². The van der Waals surface area contributed by atoms with Gasteiger partial charge in [-0.25, -0.2) is 0 Å². The molecule has 1 heterocycles. The van der Waals surface area contributed by atoms with E-state index in [1.165, 1.54) is 0 Å². The lowest BCUT2D eigenvalue weighted by molar-refractivity contribution is 0.0778. The highest BCUT2D eigenvalue weighted by molar-refractivity contribution is 5.24. The quantitative estimate of drug-likeness (QED) is 0.580. The van der Waals surface area contributed by atoms with E-state index in [9.17, 15) is 0 Å². The minimum atomic E-state index is 0.307. The van der Waals surface area contributed by atoms with Gasteiger partial charge in [-0.15, -0.1) is 0 Å². The van der Waals surface area contributed by atoms with Crippen molar-refractivity contribution in [2.75, 3.05) is 6.79 Å². The fraction of sp³-hybridized carbons (Fsp3) is 0.250. The third kappa shape index (κ3) is 1.21. The molecule has 0 amide bonds. The second-order valence-electron chi connectivity index (χ2n) is 1.84. The van der Waals surface area contributed by atoms with Gasteiger partial charge in [-0.2, -0.15) is 0 Å². The molecule has 1 aliphatic rings. The maximum Gasteiger partial charge on any atom is 0.231 e. The first-order valence-electron chi connectivity index (χ1n) is 3.13. The highest BCUT2D eigenvalue weighted by atomic mass is 16.7. The number of rotatable bonds is 2. The molecule has 0 N–H and O–H groups in total. The molecule has 0 aromatic rings. The molecular formula is C8H10O2. The molecule has 0 aromatic heterocycles. The molecule has 0 fully saturated rings. The van der Waals surface area contributed by atoms with Crippen LogP contribution in [0.2, 0.25) is 0 Å². The van der Waals surface area contributed by atoms with Crippen molar-refractivity contribution >= 4 is 0 Å². The molecule has 2 heteroatoms. The normalized spacial score (nSPS) is 17.3. The van der Waals surface area contributed by atoms with Crippen molar-refractivity contribution in [1.82, 2.24) is 0 Å². The highest BCUT2D eigenvalue weighted by Crippen LogP contribution is 2.17. The molecular weight excluding hydrogens is 128 g/mol. The lowest BCUT2D eigenvalue weighted by Crippen LogP contribution is -1.80. The Bertz CT molecular complexity index is 189. The zero-order valence-corrected chi connectivity index (χ0v) is 5.96. The summed E-state index contributed by atoms with van der Waals surface area (Å²) >= 11 is 0. The molecule has 0 atom stereocenters. The van der Waals surface area contributed by atoms with Crippen LogP contribution in [0.3, 0.4) is 0 Å². The van der Waals surface area contributed by atoms with Gasteiger partial charge < -0.3 is 9.47 Å². The average molecular weight is 138 g/mol. The average Bonchev–Trinajstić information content (AvgIpc) is 2.36. The Kier molecular flexibility index (Phi) is 2.15. The molecule has 2 nitrogen and oxygen atoms in total. The van der Waals surface area contributed by atoms with Crippen molar-refractivity contribution in [3.63, 3.8) is 0 Å². The van der Waals surface area contributed by atoms with Crippen LogP contribution in [0.5, 0.6) is 0 Å². The van der Waals surface area contributed by atoms with E-state index in [4.69, 9.17) is 9.47 Å². The summed E-state index contributed by atoms with van der Waals surface area (Å²) in [5.41, 5.74) is 0. The molecule has 0 unspecified atom stereocenters. The molecule has 0 aliphatic carbocycles. The van der Waals surface area contributed by atoms with E-state index >= 15 is 0 Å². The molecule has 0 saturated heterocycles. The minimum absolute atomic E-state index is 0.307. The van der Waals surface area contributed by atoms with Crippen LogP contribution in [-0.2, 0) is 9.47 Å². The van der Waals surface area contributed by atoms with Crippen LogP contribution in [0.1, 0.15) is 6.92 Å². The van der Waals surface area contributed by atoms with Gasteiger partial charge >= 0.3 is 0 Å². The van der Waals surface area contributed by atoms with Crippen LogP contribution in [0.15, 0.2) is 36.3 Å². The highest BCUT2D eigenvalue weighted by Gasteiger charge is 2.10. The first-order chi connectivity index (χ1) is 4.88. The third-order valence-corrected chi connectivity index (χ3v) is 1.18. The van der Waals surface area contributed by atoms with Crippen molar-refractivity contribution in [3.05, 3.63) is 36.3 Å². The summed E-state index contributed by atoms with van der Waals surface area (Å²) in [5.74, 6) is 1.48. The van der Waals surface area contributed by atoms with Crippen molar-refractivity contribution in [1.29, 1.82) is 0 Å². The second kappa shape index (κ2) is 3.11. The van der Waals surface area contributed by atoms with Crippen LogP contribution in [0.4, 0.5) is 0 Å². The van der Waals surface area contributed by atoms with Gasteiger partial charge in [-0.1, -0.05) is 12.7 Å². The predicted molar refractivity (Wildman–Crippen MR) is 39.1 cm³/mol. The first-order valence-corrected chi connectivity index (χ1v) is 3.13. The SMILES string of the molecule is C=CC1=C(C=CC)OCO1. The Labute approximate surface area is 60.4 Å². The Morgan fingerprint density at radius 1 is 1.40 bits per heavy atom. The summed E-state index contributed by atoms with van der Waals surface area (Å²) in [6.07, 6.45) is 5.39. The van der Waals surface area contributed by atoms with Gasteiger partial charge in [0.1, 0.15) is 0 Å². The molecule has 0 aromatic carbocycles. The zero-order valence-electron chi connectivity index (χ0n) is 5.96. The summed E-state index contributed by atoms with van der Waals surface area (Å²) in [6.45, 7) is 5.81. The maximum absolute atomic E-state index is 5.10. The van der Waals surface area contributed by atoms with Crippen molar-refractivity contribution in [3.8, 4) is 0 Å². The van der Waals surface area contributed by atoms with Gasteiger partial charge in [0.2, 0.25) is 6.79 Å². The number of ether oxygens (including phenoxy) is 2. The van der Waals surface area contributed by atoms with E-state index in [1.54, 1.807) is 6.08 Å². The summed E-state index contributed by atoms with van der Waals surface area (Å²) in [6, 6.07) is 0. The van der Waals surface area contributed by atoms with Gasteiger partial charge in [-0.05, 0) is 19.1 Å². The van der Waals surface area contributed by atoms with Crippen LogP contribution < -0.4 is 0 Å². The topological polar surface area (TPSA) is 18.5 Å². The van der Waals surface area contributed by atoms with Crippen LogP contribution in [0, 0.1) is 0 Å². The lowest BCUT2D eigenvalue weighted by atomic mass is 10.3. The molecule has 54 valence electrons. The third-order valence-electron chi connectivity index (χ3n) is 1.18. The Hall–Kier alpha value is -1.18. The fourth-order valence-electron chi connectivity index (χ4n) is 0.740.